The lowest BCUT2D eigenvalue weighted by Gasteiger charge is -2.09. The third kappa shape index (κ3) is 7.97. The predicted octanol–water partition coefficient (Wildman–Crippen LogP) is 2.57. The number of nitrogens with one attached hydrogen (secondary N) is 1. The van der Waals surface area contributed by atoms with E-state index in [1.807, 2.05) is 6.92 Å². The summed E-state index contributed by atoms with van der Waals surface area (Å²) in [5.74, 6) is -0.147. The third-order valence-electron chi connectivity index (χ3n) is 2.20. The Morgan fingerprint density at radius 3 is 2.26 bits per heavy atom. The highest BCUT2D eigenvalue weighted by Crippen LogP contribution is 2.20. The van der Waals surface area contributed by atoms with E-state index in [2.05, 4.69) is 4.72 Å². The lowest BCUT2D eigenvalue weighted by Crippen LogP contribution is -2.29. The van der Waals surface area contributed by atoms with Crippen molar-refractivity contribution in [2.24, 2.45) is 5.73 Å². The maximum atomic E-state index is 11.8. The van der Waals surface area contributed by atoms with Crippen LogP contribution in [0.15, 0.2) is 18.2 Å². The molecule has 1 aromatic carbocycles. The minimum atomic E-state index is -3.39. The summed E-state index contributed by atoms with van der Waals surface area (Å²) >= 11 is 11.6. The van der Waals surface area contributed by atoms with Crippen molar-refractivity contribution in [3.05, 3.63) is 33.8 Å². The Labute approximate surface area is 130 Å². The zero-order valence-corrected chi connectivity index (χ0v) is 13.5. The van der Waals surface area contributed by atoms with E-state index in [9.17, 15) is 8.42 Å². The van der Waals surface area contributed by atoms with Crippen LogP contribution in [0.3, 0.4) is 0 Å². The molecule has 0 bridgehead atoms. The standard InChI is InChI=1S/C11H16Cl2N2O2S.ClH/c1-8(14)2-3-15-18(16,17)7-9-4-10(12)6-11(13)5-9;/h4-6,8,15H,2-3,7,14H2,1H3;1H. The van der Waals surface area contributed by atoms with E-state index in [0.29, 0.717) is 28.6 Å². The maximum absolute atomic E-state index is 11.8. The largest absolute Gasteiger partial charge is 0.328 e. The molecule has 0 saturated carbocycles. The van der Waals surface area contributed by atoms with E-state index < -0.39 is 10.0 Å². The van der Waals surface area contributed by atoms with Crippen LogP contribution in [-0.2, 0) is 15.8 Å². The first-order valence-corrected chi connectivity index (χ1v) is 7.87. The molecule has 0 radical (unpaired) electrons. The van der Waals surface area contributed by atoms with Crippen LogP contribution in [0.1, 0.15) is 18.9 Å². The van der Waals surface area contributed by atoms with E-state index in [4.69, 9.17) is 28.9 Å². The van der Waals surface area contributed by atoms with Crippen molar-refractivity contribution < 1.29 is 8.42 Å². The smallest absolute Gasteiger partial charge is 0.215 e. The fourth-order valence-electron chi connectivity index (χ4n) is 1.41. The molecule has 0 aliphatic carbocycles. The number of sulfonamides is 1. The summed E-state index contributed by atoms with van der Waals surface area (Å²) in [5, 5.41) is 0.839. The van der Waals surface area contributed by atoms with Crippen LogP contribution in [0.5, 0.6) is 0 Å². The van der Waals surface area contributed by atoms with Gasteiger partial charge in [-0.15, -0.1) is 12.4 Å². The van der Waals surface area contributed by atoms with Crippen LogP contribution in [0.25, 0.3) is 0 Å². The zero-order valence-electron chi connectivity index (χ0n) is 10.4. The number of hydrogen-bond acceptors (Lipinski definition) is 3. The molecule has 0 aliphatic rings. The van der Waals surface area contributed by atoms with Gasteiger partial charge in [0, 0.05) is 22.6 Å². The highest BCUT2D eigenvalue weighted by atomic mass is 35.5. The van der Waals surface area contributed by atoms with Gasteiger partial charge in [0.2, 0.25) is 10.0 Å². The molecule has 0 saturated heterocycles. The normalized spacial score (nSPS) is 12.8. The summed E-state index contributed by atoms with van der Waals surface area (Å²) in [6, 6.07) is 4.69. The molecule has 19 heavy (non-hydrogen) atoms. The van der Waals surface area contributed by atoms with Crippen molar-refractivity contribution in [1.82, 2.24) is 4.72 Å². The highest BCUT2D eigenvalue weighted by molar-refractivity contribution is 7.88. The van der Waals surface area contributed by atoms with Gasteiger partial charge in [0.05, 0.1) is 5.75 Å². The van der Waals surface area contributed by atoms with E-state index in [1.54, 1.807) is 18.2 Å². The molecule has 3 N–H and O–H groups in total. The van der Waals surface area contributed by atoms with Gasteiger partial charge in [0.15, 0.2) is 0 Å². The second kappa shape index (κ2) is 8.29. The predicted molar refractivity (Wildman–Crippen MR) is 82.6 cm³/mol. The summed E-state index contributed by atoms with van der Waals surface area (Å²) in [6.45, 7) is 2.15. The van der Waals surface area contributed by atoms with Gasteiger partial charge < -0.3 is 5.73 Å². The van der Waals surface area contributed by atoms with Crippen molar-refractivity contribution >= 4 is 45.6 Å². The Bertz CT molecular complexity index is 486. The molecule has 0 fully saturated rings. The number of benzene rings is 1. The van der Waals surface area contributed by atoms with Crippen molar-refractivity contribution in [2.75, 3.05) is 6.54 Å². The Hall–Kier alpha value is -0.0400. The fourth-order valence-corrected chi connectivity index (χ4v) is 3.11. The van der Waals surface area contributed by atoms with Gasteiger partial charge >= 0.3 is 0 Å². The van der Waals surface area contributed by atoms with Gasteiger partial charge in [0.25, 0.3) is 0 Å². The first-order chi connectivity index (χ1) is 8.28. The number of rotatable bonds is 6. The van der Waals surface area contributed by atoms with Crippen molar-refractivity contribution in [2.45, 2.75) is 25.1 Å². The molecule has 0 spiro atoms. The van der Waals surface area contributed by atoms with Crippen LogP contribution >= 0.6 is 35.6 Å². The number of hydrogen-bond donors (Lipinski definition) is 2. The second-order valence-electron chi connectivity index (χ2n) is 4.20. The number of nitrogens with two attached hydrogens (primary N) is 1. The first kappa shape index (κ1) is 19.0. The quantitative estimate of drug-likeness (QED) is 0.830. The molecule has 1 aromatic rings. The summed E-state index contributed by atoms with van der Waals surface area (Å²) in [5.41, 5.74) is 6.10. The van der Waals surface area contributed by atoms with Crippen LogP contribution in [0.2, 0.25) is 10.0 Å². The van der Waals surface area contributed by atoms with Gasteiger partial charge in [-0.25, -0.2) is 13.1 Å². The molecule has 4 nitrogen and oxygen atoms in total. The average molecular weight is 348 g/mol. The van der Waals surface area contributed by atoms with Gasteiger partial charge in [-0.1, -0.05) is 23.2 Å². The molecule has 0 aliphatic heterocycles. The summed E-state index contributed by atoms with van der Waals surface area (Å²) in [4.78, 5) is 0. The molecule has 0 aromatic heterocycles. The molecule has 1 atom stereocenters. The van der Waals surface area contributed by atoms with E-state index in [1.165, 1.54) is 0 Å². The van der Waals surface area contributed by atoms with Gasteiger partial charge in [-0.3, -0.25) is 0 Å². The summed E-state index contributed by atoms with van der Waals surface area (Å²) < 4.78 is 26.0. The zero-order chi connectivity index (χ0) is 13.8. The van der Waals surface area contributed by atoms with Gasteiger partial charge in [-0.2, -0.15) is 0 Å². The summed E-state index contributed by atoms with van der Waals surface area (Å²) in [7, 11) is -3.39. The van der Waals surface area contributed by atoms with E-state index in [-0.39, 0.29) is 24.2 Å². The van der Waals surface area contributed by atoms with Crippen molar-refractivity contribution in [3.63, 3.8) is 0 Å². The minimum Gasteiger partial charge on any atom is -0.328 e. The molecule has 1 unspecified atom stereocenters. The molecule has 8 heteroatoms. The first-order valence-electron chi connectivity index (χ1n) is 5.46. The topological polar surface area (TPSA) is 72.2 Å². The molecule has 0 heterocycles. The monoisotopic (exact) mass is 346 g/mol. The minimum absolute atomic E-state index is 0. The molecule has 110 valence electrons. The van der Waals surface area contributed by atoms with Crippen molar-refractivity contribution in [1.29, 1.82) is 0 Å². The lowest BCUT2D eigenvalue weighted by molar-refractivity contribution is 0.571. The Morgan fingerprint density at radius 2 is 1.79 bits per heavy atom. The van der Waals surface area contributed by atoms with Gasteiger partial charge in [0.1, 0.15) is 0 Å². The van der Waals surface area contributed by atoms with E-state index in [0.717, 1.165) is 0 Å². The molecular weight excluding hydrogens is 331 g/mol. The van der Waals surface area contributed by atoms with Crippen molar-refractivity contribution in [3.8, 4) is 0 Å². The average Bonchev–Trinajstić information content (AvgIpc) is 2.12. The maximum Gasteiger partial charge on any atom is 0.215 e. The second-order valence-corrected chi connectivity index (χ2v) is 6.88. The molecular formula is C11H17Cl3N2O2S. The Kier molecular flexibility index (Phi) is 8.27. The van der Waals surface area contributed by atoms with Gasteiger partial charge in [-0.05, 0) is 37.1 Å². The fraction of sp³-hybridized carbons (Fsp3) is 0.455. The van der Waals surface area contributed by atoms with Crippen LogP contribution in [-0.4, -0.2) is 21.0 Å². The van der Waals surface area contributed by atoms with Crippen LogP contribution in [0.4, 0.5) is 0 Å². The molecule has 0 amide bonds. The Balaban J connectivity index is 0.00000324. The molecule has 1 rings (SSSR count). The van der Waals surface area contributed by atoms with E-state index >= 15 is 0 Å². The highest BCUT2D eigenvalue weighted by Gasteiger charge is 2.12. The summed E-state index contributed by atoms with van der Waals surface area (Å²) in [6.07, 6.45) is 0.593. The van der Waals surface area contributed by atoms with Crippen LogP contribution in [0, 0.1) is 0 Å². The SMILES string of the molecule is CC(N)CCNS(=O)(=O)Cc1cc(Cl)cc(Cl)c1.Cl. The Morgan fingerprint density at radius 1 is 1.26 bits per heavy atom. The third-order valence-corrected chi connectivity index (χ3v) is 3.99. The number of halogens is 3. The van der Waals surface area contributed by atoms with Crippen LogP contribution < -0.4 is 10.5 Å². The lowest BCUT2D eigenvalue weighted by atomic mass is 10.2.